The van der Waals surface area contributed by atoms with E-state index in [9.17, 15) is 13.2 Å². The van der Waals surface area contributed by atoms with Crippen molar-refractivity contribution in [1.29, 1.82) is 0 Å². The first kappa shape index (κ1) is 17.0. The molecule has 0 N–H and O–H groups in total. The molecule has 0 unspecified atom stereocenters. The molecular weight excluding hydrogens is 340 g/mol. The quantitative estimate of drug-likeness (QED) is 0.517. The summed E-state index contributed by atoms with van der Waals surface area (Å²) in [5, 5.41) is 1.89. The van der Waals surface area contributed by atoms with Crippen molar-refractivity contribution in [2.24, 2.45) is 0 Å². The van der Waals surface area contributed by atoms with E-state index in [2.05, 4.69) is 4.74 Å². The lowest BCUT2D eigenvalue weighted by Crippen LogP contribution is -2.12. The van der Waals surface area contributed by atoms with Crippen LogP contribution in [0.25, 0.3) is 10.8 Å². The molecule has 6 heteroatoms. The Morgan fingerprint density at radius 2 is 1.68 bits per heavy atom. The number of rotatable bonds is 5. The number of methoxy groups -OCH3 is 1. The van der Waals surface area contributed by atoms with Crippen LogP contribution in [0.3, 0.4) is 0 Å². The van der Waals surface area contributed by atoms with Crippen LogP contribution in [0.5, 0.6) is 5.75 Å². The Morgan fingerprint density at radius 1 is 0.920 bits per heavy atom. The molecule has 0 bridgehead atoms. The van der Waals surface area contributed by atoms with E-state index in [0.717, 1.165) is 10.8 Å². The minimum atomic E-state index is -3.86. The third kappa shape index (κ3) is 4.16. The molecule has 0 amide bonds. The van der Waals surface area contributed by atoms with E-state index in [1.165, 1.54) is 13.2 Å². The Hall–Kier alpha value is -2.86. The first-order valence-electron chi connectivity index (χ1n) is 7.55. The van der Waals surface area contributed by atoms with Crippen LogP contribution in [0.4, 0.5) is 0 Å². The summed E-state index contributed by atoms with van der Waals surface area (Å²) in [4.78, 5) is 11.5. The van der Waals surface area contributed by atoms with Crippen molar-refractivity contribution >= 4 is 26.9 Å². The number of carbonyl (C=O) groups excluding carboxylic acids is 1. The van der Waals surface area contributed by atoms with Gasteiger partial charge < -0.3 is 8.92 Å². The highest BCUT2D eigenvalue weighted by Crippen LogP contribution is 2.23. The standard InChI is InChI=1S/C19H16O5S/c1-23-19(20)17-8-4-5-14(11-17)13-25(21,22)24-18-10-9-15-6-2-3-7-16(15)12-18/h2-12H,13H2,1H3. The number of benzene rings is 3. The first-order chi connectivity index (χ1) is 12.0. The number of hydrogen-bond donors (Lipinski definition) is 0. The van der Waals surface area contributed by atoms with Crippen LogP contribution < -0.4 is 4.18 Å². The van der Waals surface area contributed by atoms with Crippen molar-refractivity contribution in [3.63, 3.8) is 0 Å². The third-order valence-corrected chi connectivity index (χ3v) is 4.77. The van der Waals surface area contributed by atoms with E-state index >= 15 is 0 Å². The summed E-state index contributed by atoms with van der Waals surface area (Å²) in [6, 6.07) is 19.0. The molecule has 0 saturated heterocycles. The summed E-state index contributed by atoms with van der Waals surface area (Å²) in [6.45, 7) is 0. The molecule has 0 atom stereocenters. The smallest absolute Gasteiger partial charge is 0.337 e. The third-order valence-electron chi connectivity index (χ3n) is 3.64. The van der Waals surface area contributed by atoms with Crippen molar-refractivity contribution in [2.75, 3.05) is 7.11 Å². The van der Waals surface area contributed by atoms with Crippen molar-refractivity contribution < 1.29 is 22.1 Å². The van der Waals surface area contributed by atoms with Gasteiger partial charge in [-0.1, -0.05) is 42.5 Å². The fraction of sp³-hybridized carbons (Fsp3) is 0.105. The molecule has 0 aliphatic rings. The van der Waals surface area contributed by atoms with Crippen LogP contribution >= 0.6 is 0 Å². The van der Waals surface area contributed by atoms with Gasteiger partial charge in [0.05, 0.1) is 12.7 Å². The van der Waals surface area contributed by atoms with Crippen LogP contribution in [-0.2, 0) is 20.6 Å². The molecule has 0 aliphatic heterocycles. The van der Waals surface area contributed by atoms with Crippen LogP contribution in [0, 0.1) is 0 Å². The molecule has 25 heavy (non-hydrogen) atoms. The molecule has 5 nitrogen and oxygen atoms in total. The van der Waals surface area contributed by atoms with Crippen molar-refractivity contribution in [3.05, 3.63) is 77.9 Å². The minimum absolute atomic E-state index is 0.253. The summed E-state index contributed by atoms with van der Waals surface area (Å²) in [5.41, 5.74) is 0.740. The van der Waals surface area contributed by atoms with E-state index in [1.54, 1.807) is 36.4 Å². The van der Waals surface area contributed by atoms with Crippen LogP contribution in [0.1, 0.15) is 15.9 Å². The number of hydrogen-bond acceptors (Lipinski definition) is 5. The second-order valence-corrected chi connectivity index (χ2v) is 7.06. The molecule has 0 fully saturated rings. The van der Waals surface area contributed by atoms with Crippen LogP contribution in [0.2, 0.25) is 0 Å². The second kappa shape index (κ2) is 6.94. The lowest BCUT2D eigenvalue weighted by atomic mass is 10.1. The number of esters is 1. The van der Waals surface area contributed by atoms with E-state index in [1.807, 2.05) is 24.3 Å². The maximum atomic E-state index is 12.3. The second-order valence-electron chi connectivity index (χ2n) is 5.49. The number of carbonyl (C=O) groups is 1. The van der Waals surface area contributed by atoms with Gasteiger partial charge in [-0.25, -0.2) is 4.79 Å². The minimum Gasteiger partial charge on any atom is -0.465 e. The highest BCUT2D eigenvalue weighted by molar-refractivity contribution is 7.86. The van der Waals surface area contributed by atoms with Crippen molar-refractivity contribution in [3.8, 4) is 5.75 Å². The van der Waals surface area contributed by atoms with Gasteiger partial charge in [0.15, 0.2) is 0 Å². The van der Waals surface area contributed by atoms with Crippen molar-refractivity contribution in [2.45, 2.75) is 5.75 Å². The topological polar surface area (TPSA) is 69.7 Å². The first-order valence-corrected chi connectivity index (χ1v) is 9.13. The van der Waals surface area contributed by atoms with E-state index in [0.29, 0.717) is 11.1 Å². The summed E-state index contributed by atoms with van der Waals surface area (Å²) < 4.78 is 34.5. The average Bonchev–Trinajstić information content (AvgIpc) is 2.60. The maximum Gasteiger partial charge on any atom is 0.337 e. The molecule has 0 saturated carbocycles. The fourth-order valence-corrected chi connectivity index (χ4v) is 3.55. The van der Waals surface area contributed by atoms with Gasteiger partial charge in [-0.15, -0.1) is 0 Å². The zero-order valence-corrected chi connectivity index (χ0v) is 14.3. The molecule has 0 radical (unpaired) electrons. The van der Waals surface area contributed by atoms with Gasteiger partial charge in [-0.05, 0) is 40.6 Å². The molecule has 0 aliphatic carbocycles. The van der Waals surface area contributed by atoms with E-state index in [4.69, 9.17) is 4.18 Å². The summed E-state index contributed by atoms with van der Waals surface area (Å²) in [5.74, 6) is -0.609. The van der Waals surface area contributed by atoms with E-state index < -0.39 is 16.1 Å². The summed E-state index contributed by atoms with van der Waals surface area (Å²) >= 11 is 0. The molecule has 0 heterocycles. The molecule has 3 aromatic carbocycles. The van der Waals surface area contributed by atoms with E-state index in [-0.39, 0.29) is 11.5 Å². The van der Waals surface area contributed by atoms with Gasteiger partial charge in [0.1, 0.15) is 11.5 Å². The molecule has 128 valence electrons. The predicted octanol–water partition coefficient (Wildman–Crippen LogP) is 3.54. The average molecular weight is 356 g/mol. The largest absolute Gasteiger partial charge is 0.465 e. The Bertz CT molecular complexity index is 1020. The Labute approximate surface area is 145 Å². The summed E-state index contributed by atoms with van der Waals surface area (Å²) in [6.07, 6.45) is 0. The molecular formula is C19H16O5S. The van der Waals surface area contributed by atoms with Gasteiger partial charge in [0, 0.05) is 0 Å². The lowest BCUT2D eigenvalue weighted by molar-refractivity contribution is 0.0600. The zero-order chi connectivity index (χ0) is 17.9. The van der Waals surface area contributed by atoms with Gasteiger partial charge >= 0.3 is 16.1 Å². The Balaban J connectivity index is 1.80. The number of ether oxygens (including phenoxy) is 1. The lowest BCUT2D eigenvalue weighted by Gasteiger charge is -2.09. The highest BCUT2D eigenvalue weighted by Gasteiger charge is 2.16. The molecule has 0 spiro atoms. The highest BCUT2D eigenvalue weighted by atomic mass is 32.2. The zero-order valence-electron chi connectivity index (χ0n) is 13.5. The monoisotopic (exact) mass is 356 g/mol. The molecule has 3 aromatic rings. The molecule has 0 aromatic heterocycles. The predicted molar refractivity (Wildman–Crippen MR) is 95.0 cm³/mol. The normalized spacial score (nSPS) is 11.2. The molecule has 3 rings (SSSR count). The van der Waals surface area contributed by atoms with Gasteiger partial charge in [-0.2, -0.15) is 8.42 Å². The Morgan fingerprint density at radius 3 is 2.44 bits per heavy atom. The van der Waals surface area contributed by atoms with Crippen LogP contribution in [-0.4, -0.2) is 21.5 Å². The number of fused-ring (bicyclic) bond motifs is 1. The fourth-order valence-electron chi connectivity index (χ4n) is 2.51. The Kier molecular flexibility index (Phi) is 4.72. The van der Waals surface area contributed by atoms with Gasteiger partial charge in [0.25, 0.3) is 0 Å². The van der Waals surface area contributed by atoms with Crippen LogP contribution in [0.15, 0.2) is 66.7 Å². The SMILES string of the molecule is COC(=O)c1cccc(CS(=O)(=O)Oc2ccc3ccccc3c2)c1. The van der Waals surface area contributed by atoms with Gasteiger partial charge in [0.2, 0.25) is 0 Å². The summed E-state index contributed by atoms with van der Waals surface area (Å²) in [7, 11) is -2.59. The van der Waals surface area contributed by atoms with Crippen molar-refractivity contribution in [1.82, 2.24) is 0 Å². The maximum absolute atomic E-state index is 12.3. The van der Waals surface area contributed by atoms with Gasteiger partial charge in [-0.3, -0.25) is 0 Å².